The summed E-state index contributed by atoms with van der Waals surface area (Å²) >= 11 is 12.1. The van der Waals surface area contributed by atoms with Crippen LogP contribution in [0.5, 0.6) is 0 Å². The number of anilines is 1. The average Bonchev–Trinajstić information content (AvgIpc) is 3.07. The molecule has 3 aromatic rings. The van der Waals surface area contributed by atoms with Crippen LogP contribution in [-0.2, 0) is 0 Å². The van der Waals surface area contributed by atoms with E-state index in [4.69, 9.17) is 11.6 Å². The van der Waals surface area contributed by atoms with Crippen LogP contribution >= 0.6 is 50.2 Å². The molecule has 0 aliphatic heterocycles. The number of halogens is 2. The second-order valence-electron chi connectivity index (χ2n) is 4.11. The third-order valence-electron chi connectivity index (χ3n) is 2.64. The van der Waals surface area contributed by atoms with Gasteiger partial charge in [0, 0.05) is 15.4 Å². The van der Waals surface area contributed by atoms with Gasteiger partial charge in [0.15, 0.2) is 5.13 Å². The number of thiazole rings is 1. The first-order valence-corrected chi connectivity index (χ1v) is 8.77. The van der Waals surface area contributed by atoms with Gasteiger partial charge in [-0.2, -0.15) is 0 Å². The van der Waals surface area contributed by atoms with Crippen molar-refractivity contribution in [1.29, 1.82) is 0 Å². The van der Waals surface area contributed by atoms with Crippen LogP contribution in [0.1, 0.15) is 10.4 Å². The molecule has 3 rings (SSSR count). The third kappa shape index (κ3) is 3.52. The van der Waals surface area contributed by atoms with Gasteiger partial charge in [-0.1, -0.05) is 33.6 Å². The van der Waals surface area contributed by atoms with E-state index < -0.39 is 0 Å². The Labute approximate surface area is 142 Å². The highest BCUT2D eigenvalue weighted by atomic mass is 79.9. The van der Waals surface area contributed by atoms with E-state index in [2.05, 4.69) is 26.2 Å². The van der Waals surface area contributed by atoms with Crippen LogP contribution in [-0.4, -0.2) is 10.9 Å². The van der Waals surface area contributed by atoms with Gasteiger partial charge in [-0.15, -0.1) is 22.7 Å². The van der Waals surface area contributed by atoms with Gasteiger partial charge in [-0.3, -0.25) is 10.1 Å². The Morgan fingerprint density at radius 3 is 2.86 bits per heavy atom. The highest BCUT2D eigenvalue weighted by Crippen LogP contribution is 2.32. The Bertz CT molecular complexity index is 800. The zero-order valence-corrected chi connectivity index (χ0v) is 14.4. The fourth-order valence-corrected chi connectivity index (χ4v) is 3.88. The molecule has 0 bridgehead atoms. The lowest BCUT2D eigenvalue weighted by Crippen LogP contribution is -2.11. The Kier molecular flexibility index (Phi) is 4.40. The van der Waals surface area contributed by atoms with Crippen molar-refractivity contribution in [3.8, 4) is 10.6 Å². The highest BCUT2D eigenvalue weighted by molar-refractivity contribution is 9.10. The van der Waals surface area contributed by atoms with Crippen molar-refractivity contribution in [2.75, 3.05) is 5.32 Å². The van der Waals surface area contributed by atoms with Gasteiger partial charge in [0.1, 0.15) is 0 Å². The number of hydrogen-bond donors (Lipinski definition) is 1. The number of nitrogens with zero attached hydrogens (tertiary/aromatic N) is 1. The van der Waals surface area contributed by atoms with Crippen LogP contribution in [0.3, 0.4) is 0 Å². The summed E-state index contributed by atoms with van der Waals surface area (Å²) in [5.41, 5.74) is 1.40. The van der Waals surface area contributed by atoms with Crippen molar-refractivity contribution >= 4 is 61.2 Å². The van der Waals surface area contributed by atoms with Crippen LogP contribution in [0, 0.1) is 0 Å². The molecule has 3 nitrogen and oxygen atoms in total. The summed E-state index contributed by atoms with van der Waals surface area (Å²) in [6.07, 6.45) is 0. The minimum atomic E-state index is -0.179. The number of nitrogens with one attached hydrogen (secondary N) is 1. The zero-order chi connectivity index (χ0) is 14.8. The molecular formula is C14H8BrClN2OS2. The van der Waals surface area contributed by atoms with E-state index in [9.17, 15) is 4.79 Å². The molecule has 0 saturated heterocycles. The quantitative estimate of drug-likeness (QED) is 0.628. The van der Waals surface area contributed by atoms with E-state index in [1.54, 1.807) is 12.1 Å². The maximum Gasteiger partial charge on any atom is 0.257 e. The Morgan fingerprint density at radius 1 is 1.29 bits per heavy atom. The topological polar surface area (TPSA) is 42.0 Å². The summed E-state index contributed by atoms with van der Waals surface area (Å²) in [6, 6.07) is 11.0. The molecule has 1 aromatic carbocycles. The van der Waals surface area contributed by atoms with E-state index in [0.29, 0.717) is 10.7 Å². The van der Waals surface area contributed by atoms with Crippen molar-refractivity contribution in [3.63, 3.8) is 0 Å². The second kappa shape index (κ2) is 6.27. The van der Waals surface area contributed by atoms with Gasteiger partial charge < -0.3 is 0 Å². The number of hydrogen-bond acceptors (Lipinski definition) is 4. The van der Waals surface area contributed by atoms with Crippen molar-refractivity contribution in [2.24, 2.45) is 0 Å². The van der Waals surface area contributed by atoms with Gasteiger partial charge in [-0.25, -0.2) is 4.98 Å². The monoisotopic (exact) mass is 398 g/mol. The molecule has 0 aliphatic rings. The molecule has 0 saturated carbocycles. The maximum atomic E-state index is 12.1. The first kappa shape index (κ1) is 14.7. The number of carbonyl (C=O) groups excluding carboxylic acids is 1. The first-order chi connectivity index (χ1) is 10.1. The summed E-state index contributed by atoms with van der Waals surface area (Å²) in [7, 11) is 0. The Balaban J connectivity index is 1.77. The summed E-state index contributed by atoms with van der Waals surface area (Å²) in [5, 5.41) is 5.27. The number of benzene rings is 1. The van der Waals surface area contributed by atoms with Crippen LogP contribution in [0.15, 0.2) is 46.3 Å². The molecule has 1 amide bonds. The third-order valence-corrected chi connectivity index (χ3v) is 5.14. The average molecular weight is 400 g/mol. The number of thiophene rings is 1. The molecule has 2 heterocycles. The number of rotatable bonds is 3. The summed E-state index contributed by atoms with van der Waals surface area (Å²) in [4.78, 5) is 17.5. The van der Waals surface area contributed by atoms with Crippen LogP contribution < -0.4 is 5.32 Å². The Morgan fingerprint density at radius 2 is 2.14 bits per heavy atom. The minimum absolute atomic E-state index is 0.179. The van der Waals surface area contributed by atoms with Crippen molar-refractivity contribution in [1.82, 2.24) is 4.98 Å². The number of aromatic nitrogens is 1. The van der Waals surface area contributed by atoms with E-state index in [0.717, 1.165) is 19.4 Å². The standard InChI is InChI=1S/C14H8BrClN2OS2/c15-9-3-1-2-8(6-9)13(19)18-14-17-10(7-20-14)11-4-5-12(16)21-11/h1-7H,(H,17,18,19). The molecule has 106 valence electrons. The molecule has 0 unspecified atom stereocenters. The minimum Gasteiger partial charge on any atom is -0.298 e. The molecular weight excluding hydrogens is 392 g/mol. The molecule has 7 heteroatoms. The van der Waals surface area contributed by atoms with Crippen LogP contribution in [0.2, 0.25) is 4.34 Å². The highest BCUT2D eigenvalue weighted by Gasteiger charge is 2.11. The van der Waals surface area contributed by atoms with Gasteiger partial charge in [0.05, 0.1) is 14.9 Å². The maximum absolute atomic E-state index is 12.1. The SMILES string of the molecule is O=C(Nc1nc(-c2ccc(Cl)s2)cs1)c1cccc(Br)c1. The van der Waals surface area contributed by atoms with Gasteiger partial charge >= 0.3 is 0 Å². The lowest BCUT2D eigenvalue weighted by atomic mass is 10.2. The molecule has 21 heavy (non-hydrogen) atoms. The lowest BCUT2D eigenvalue weighted by Gasteiger charge is -2.01. The lowest BCUT2D eigenvalue weighted by molar-refractivity contribution is 0.102. The van der Waals surface area contributed by atoms with E-state index in [1.165, 1.54) is 22.7 Å². The first-order valence-electron chi connectivity index (χ1n) is 5.90. The predicted molar refractivity (Wildman–Crippen MR) is 92.5 cm³/mol. The smallest absolute Gasteiger partial charge is 0.257 e. The molecule has 0 spiro atoms. The largest absolute Gasteiger partial charge is 0.298 e. The molecule has 0 fully saturated rings. The van der Waals surface area contributed by atoms with E-state index in [-0.39, 0.29) is 5.91 Å². The van der Waals surface area contributed by atoms with E-state index >= 15 is 0 Å². The zero-order valence-electron chi connectivity index (χ0n) is 10.5. The van der Waals surface area contributed by atoms with Gasteiger partial charge in [-0.05, 0) is 30.3 Å². The van der Waals surface area contributed by atoms with Crippen molar-refractivity contribution < 1.29 is 4.79 Å². The van der Waals surface area contributed by atoms with Crippen LogP contribution in [0.4, 0.5) is 5.13 Å². The van der Waals surface area contributed by atoms with Gasteiger partial charge in [0.25, 0.3) is 5.91 Å². The molecule has 2 aromatic heterocycles. The molecule has 0 aliphatic carbocycles. The Hall–Kier alpha value is -1.21. The summed E-state index contributed by atoms with van der Waals surface area (Å²) in [5.74, 6) is -0.179. The molecule has 0 radical (unpaired) electrons. The summed E-state index contributed by atoms with van der Waals surface area (Å²) < 4.78 is 1.58. The summed E-state index contributed by atoms with van der Waals surface area (Å²) in [6.45, 7) is 0. The fraction of sp³-hybridized carbons (Fsp3) is 0. The normalized spacial score (nSPS) is 10.6. The molecule has 1 N–H and O–H groups in total. The second-order valence-corrected chi connectivity index (χ2v) is 7.59. The number of amides is 1. The van der Waals surface area contributed by atoms with Crippen molar-refractivity contribution in [2.45, 2.75) is 0 Å². The number of carbonyl (C=O) groups is 1. The van der Waals surface area contributed by atoms with E-state index in [1.807, 2.05) is 29.6 Å². The predicted octanol–water partition coefficient (Wildman–Crippen LogP) is 5.54. The van der Waals surface area contributed by atoms with Crippen molar-refractivity contribution in [3.05, 3.63) is 56.2 Å². The van der Waals surface area contributed by atoms with Crippen LogP contribution in [0.25, 0.3) is 10.6 Å². The fourth-order valence-electron chi connectivity index (χ4n) is 1.70. The molecule has 0 atom stereocenters. The van der Waals surface area contributed by atoms with Gasteiger partial charge in [0.2, 0.25) is 0 Å².